The topological polar surface area (TPSA) is 77.2 Å². The van der Waals surface area contributed by atoms with Crippen LogP contribution in [-0.4, -0.2) is 29.6 Å². The van der Waals surface area contributed by atoms with Gasteiger partial charge in [0.15, 0.2) is 6.10 Å². The van der Waals surface area contributed by atoms with E-state index in [4.69, 9.17) is 16.9 Å². The molecule has 20 heavy (non-hydrogen) atoms. The highest BCUT2D eigenvalue weighted by atomic mass is 16.5. The Hall–Kier alpha value is -2.06. The zero-order valence-electron chi connectivity index (χ0n) is 11.9. The predicted molar refractivity (Wildman–Crippen MR) is 78.1 cm³/mol. The average molecular weight is 275 g/mol. The first-order valence-electron chi connectivity index (χ1n) is 6.65. The van der Waals surface area contributed by atoms with Crippen molar-refractivity contribution in [3.05, 3.63) is 24.0 Å². The van der Waals surface area contributed by atoms with Gasteiger partial charge in [-0.2, -0.15) is 0 Å². The minimum atomic E-state index is -0.617. The standard InChI is InChI=1S/C15H21N3O2/c1-4-8-17-15(19)11(3)20-14-7-6-13(18-10-14)9-12(16)5-2/h1,6-7,10-12H,5,8-9,16H2,2-3H3,(H,17,19). The molecule has 1 aromatic heterocycles. The van der Waals surface area contributed by atoms with Gasteiger partial charge in [0.1, 0.15) is 5.75 Å². The molecule has 2 atom stereocenters. The maximum Gasteiger partial charge on any atom is 0.261 e. The van der Waals surface area contributed by atoms with E-state index in [-0.39, 0.29) is 18.5 Å². The Bertz CT molecular complexity index is 465. The summed E-state index contributed by atoms with van der Waals surface area (Å²) in [6.07, 6.45) is 7.69. The molecule has 0 saturated carbocycles. The molecule has 5 nitrogen and oxygen atoms in total. The highest BCUT2D eigenvalue weighted by Crippen LogP contribution is 2.12. The number of terminal acetylenes is 1. The van der Waals surface area contributed by atoms with Gasteiger partial charge in [-0.05, 0) is 25.5 Å². The van der Waals surface area contributed by atoms with E-state index >= 15 is 0 Å². The lowest BCUT2D eigenvalue weighted by molar-refractivity contribution is -0.127. The summed E-state index contributed by atoms with van der Waals surface area (Å²) >= 11 is 0. The lowest BCUT2D eigenvalue weighted by Gasteiger charge is -2.14. The van der Waals surface area contributed by atoms with Crippen molar-refractivity contribution in [2.45, 2.75) is 38.8 Å². The van der Waals surface area contributed by atoms with Gasteiger partial charge in [-0.1, -0.05) is 12.8 Å². The number of aromatic nitrogens is 1. The molecule has 1 aromatic rings. The van der Waals surface area contributed by atoms with E-state index in [2.05, 4.69) is 16.2 Å². The highest BCUT2D eigenvalue weighted by Gasteiger charge is 2.13. The summed E-state index contributed by atoms with van der Waals surface area (Å²) < 4.78 is 5.49. The van der Waals surface area contributed by atoms with Crippen molar-refractivity contribution < 1.29 is 9.53 Å². The van der Waals surface area contributed by atoms with Gasteiger partial charge in [-0.3, -0.25) is 9.78 Å². The number of rotatable bonds is 7. The number of nitrogens with zero attached hydrogens (tertiary/aromatic N) is 1. The fraction of sp³-hybridized carbons (Fsp3) is 0.467. The van der Waals surface area contributed by atoms with E-state index in [1.165, 1.54) is 0 Å². The number of carbonyl (C=O) groups is 1. The second-order valence-corrected chi connectivity index (χ2v) is 4.54. The molecule has 0 aliphatic carbocycles. The number of pyridine rings is 1. The van der Waals surface area contributed by atoms with Crippen LogP contribution in [0.1, 0.15) is 26.0 Å². The first-order valence-corrected chi connectivity index (χ1v) is 6.65. The molecule has 0 aliphatic heterocycles. The van der Waals surface area contributed by atoms with Crippen molar-refractivity contribution in [1.82, 2.24) is 10.3 Å². The summed E-state index contributed by atoms with van der Waals surface area (Å²) in [6.45, 7) is 3.89. The molecule has 3 N–H and O–H groups in total. The molecule has 0 aliphatic rings. The third-order valence-electron chi connectivity index (χ3n) is 2.84. The minimum Gasteiger partial charge on any atom is -0.479 e. The van der Waals surface area contributed by atoms with Gasteiger partial charge in [0.05, 0.1) is 12.7 Å². The second kappa shape index (κ2) is 8.18. The molecule has 1 amide bonds. The average Bonchev–Trinajstić information content (AvgIpc) is 2.46. The summed E-state index contributed by atoms with van der Waals surface area (Å²) in [4.78, 5) is 15.9. The first kappa shape index (κ1) is 16.0. The number of ether oxygens (including phenoxy) is 1. The minimum absolute atomic E-state index is 0.114. The molecule has 0 fully saturated rings. The van der Waals surface area contributed by atoms with Gasteiger partial charge in [-0.25, -0.2) is 0 Å². The third kappa shape index (κ3) is 5.29. The molecule has 108 valence electrons. The molecule has 0 bridgehead atoms. The number of hydrogen-bond acceptors (Lipinski definition) is 4. The van der Waals surface area contributed by atoms with E-state index in [0.29, 0.717) is 5.75 Å². The Morgan fingerprint density at radius 1 is 1.60 bits per heavy atom. The maximum atomic E-state index is 11.6. The van der Waals surface area contributed by atoms with Crippen molar-refractivity contribution in [3.8, 4) is 18.1 Å². The molecule has 5 heteroatoms. The third-order valence-corrected chi connectivity index (χ3v) is 2.84. The lowest BCUT2D eigenvalue weighted by Crippen LogP contribution is -2.36. The molecule has 2 unspecified atom stereocenters. The summed E-state index contributed by atoms with van der Waals surface area (Å²) in [7, 11) is 0. The molecule has 0 radical (unpaired) electrons. The SMILES string of the molecule is C#CCNC(=O)C(C)Oc1ccc(CC(N)CC)nc1. The van der Waals surface area contributed by atoms with Crippen LogP contribution in [0, 0.1) is 12.3 Å². The number of nitrogens with one attached hydrogen (secondary N) is 1. The van der Waals surface area contributed by atoms with E-state index in [1.807, 2.05) is 13.0 Å². The second-order valence-electron chi connectivity index (χ2n) is 4.54. The van der Waals surface area contributed by atoms with Crippen molar-refractivity contribution in [2.75, 3.05) is 6.54 Å². The Morgan fingerprint density at radius 3 is 2.90 bits per heavy atom. The molecule has 0 aromatic carbocycles. The Labute approximate surface area is 119 Å². The smallest absolute Gasteiger partial charge is 0.261 e. The van der Waals surface area contributed by atoms with Gasteiger partial charge in [0.25, 0.3) is 5.91 Å². The molecule has 0 saturated heterocycles. The maximum absolute atomic E-state index is 11.6. The number of amides is 1. The predicted octanol–water partition coefficient (Wildman–Crippen LogP) is 0.878. The van der Waals surface area contributed by atoms with Gasteiger partial charge < -0.3 is 15.8 Å². The van der Waals surface area contributed by atoms with E-state index in [0.717, 1.165) is 18.5 Å². The monoisotopic (exact) mass is 275 g/mol. The van der Waals surface area contributed by atoms with E-state index in [1.54, 1.807) is 19.2 Å². The molecule has 1 heterocycles. The molecule has 1 rings (SSSR count). The number of nitrogens with two attached hydrogens (primary N) is 1. The van der Waals surface area contributed by atoms with Crippen molar-refractivity contribution >= 4 is 5.91 Å². The van der Waals surface area contributed by atoms with Crippen molar-refractivity contribution in [1.29, 1.82) is 0 Å². The van der Waals surface area contributed by atoms with Crippen LogP contribution in [0.2, 0.25) is 0 Å². The number of carbonyl (C=O) groups excluding carboxylic acids is 1. The van der Waals surface area contributed by atoms with Crippen LogP contribution in [0.25, 0.3) is 0 Å². The van der Waals surface area contributed by atoms with Crippen LogP contribution in [0.5, 0.6) is 5.75 Å². The zero-order chi connectivity index (χ0) is 15.0. The van der Waals surface area contributed by atoms with Crippen LogP contribution < -0.4 is 15.8 Å². The fourth-order valence-electron chi connectivity index (χ4n) is 1.55. The van der Waals surface area contributed by atoms with Crippen LogP contribution in [0.4, 0.5) is 0 Å². The van der Waals surface area contributed by atoms with E-state index in [9.17, 15) is 4.79 Å². The zero-order valence-corrected chi connectivity index (χ0v) is 11.9. The summed E-state index contributed by atoms with van der Waals surface area (Å²) in [5.74, 6) is 2.63. The largest absolute Gasteiger partial charge is 0.479 e. The first-order chi connectivity index (χ1) is 9.56. The normalized spacial score (nSPS) is 13.1. The fourth-order valence-corrected chi connectivity index (χ4v) is 1.55. The van der Waals surface area contributed by atoms with Crippen molar-refractivity contribution in [3.63, 3.8) is 0 Å². The Morgan fingerprint density at radius 2 is 2.35 bits per heavy atom. The summed E-state index contributed by atoms with van der Waals surface area (Å²) in [5.41, 5.74) is 6.78. The van der Waals surface area contributed by atoms with Crippen LogP contribution >= 0.6 is 0 Å². The van der Waals surface area contributed by atoms with Gasteiger partial charge in [0, 0.05) is 18.2 Å². The Balaban J connectivity index is 2.52. The Kier molecular flexibility index (Phi) is 6.54. The molecular formula is C15H21N3O2. The quantitative estimate of drug-likeness (QED) is 0.724. The van der Waals surface area contributed by atoms with Crippen LogP contribution in [-0.2, 0) is 11.2 Å². The van der Waals surface area contributed by atoms with Gasteiger partial charge in [-0.15, -0.1) is 6.42 Å². The van der Waals surface area contributed by atoms with Crippen LogP contribution in [0.3, 0.4) is 0 Å². The summed E-state index contributed by atoms with van der Waals surface area (Å²) in [6, 6.07) is 3.76. The van der Waals surface area contributed by atoms with Crippen LogP contribution in [0.15, 0.2) is 18.3 Å². The molecule has 0 spiro atoms. The van der Waals surface area contributed by atoms with Gasteiger partial charge >= 0.3 is 0 Å². The van der Waals surface area contributed by atoms with Crippen molar-refractivity contribution in [2.24, 2.45) is 5.73 Å². The van der Waals surface area contributed by atoms with E-state index < -0.39 is 6.10 Å². The van der Waals surface area contributed by atoms with Gasteiger partial charge in [0.2, 0.25) is 0 Å². The highest BCUT2D eigenvalue weighted by molar-refractivity contribution is 5.80. The summed E-state index contributed by atoms with van der Waals surface area (Å²) in [5, 5.41) is 2.56. The lowest BCUT2D eigenvalue weighted by atomic mass is 10.1. The molecular weight excluding hydrogens is 254 g/mol. The number of hydrogen-bond donors (Lipinski definition) is 2.